The molecule has 0 radical (unpaired) electrons. The van der Waals surface area contributed by atoms with Gasteiger partial charge in [0.05, 0.1) is 32.0 Å². The molecular formula is C30H33N7O6. The highest BCUT2D eigenvalue weighted by Crippen LogP contribution is 2.34. The zero-order valence-corrected chi connectivity index (χ0v) is 24.2. The summed E-state index contributed by atoms with van der Waals surface area (Å²) in [5, 5.41) is 12.4. The summed E-state index contributed by atoms with van der Waals surface area (Å²) in [6, 6.07) is 12.2. The molecule has 2 atom stereocenters. The van der Waals surface area contributed by atoms with Crippen LogP contribution >= 0.6 is 0 Å². The van der Waals surface area contributed by atoms with Gasteiger partial charge in [0.1, 0.15) is 23.7 Å². The van der Waals surface area contributed by atoms with E-state index < -0.39 is 0 Å². The molecule has 43 heavy (non-hydrogen) atoms. The van der Waals surface area contributed by atoms with Crippen molar-refractivity contribution in [2.45, 2.75) is 19.1 Å². The largest absolute Gasteiger partial charge is 0.497 e. The molecule has 2 aromatic carbocycles. The quantitative estimate of drug-likeness (QED) is 0.372. The van der Waals surface area contributed by atoms with Crippen LogP contribution in [-0.2, 0) is 11.4 Å². The van der Waals surface area contributed by atoms with Crippen molar-refractivity contribution in [1.82, 2.24) is 35.1 Å². The molecule has 13 heteroatoms. The van der Waals surface area contributed by atoms with Crippen LogP contribution in [0.3, 0.4) is 0 Å². The highest BCUT2D eigenvalue weighted by Gasteiger charge is 2.39. The van der Waals surface area contributed by atoms with E-state index in [1.165, 1.54) is 12.0 Å². The number of likely N-dealkylation sites (tertiary alicyclic amines) is 1. The number of aromatic amines is 1. The third-order valence-electron chi connectivity index (χ3n) is 8.01. The van der Waals surface area contributed by atoms with Crippen molar-refractivity contribution in [3.63, 3.8) is 0 Å². The number of rotatable bonds is 3. The van der Waals surface area contributed by atoms with Gasteiger partial charge in [-0.25, -0.2) is 4.68 Å². The molecule has 6 rings (SSSR count). The normalized spacial score (nSPS) is 19.4. The number of methoxy groups -OCH3 is 2. The molecule has 2 aromatic heterocycles. The van der Waals surface area contributed by atoms with Gasteiger partial charge in [-0.1, -0.05) is 11.3 Å². The van der Waals surface area contributed by atoms with Gasteiger partial charge < -0.3 is 34.3 Å². The fraction of sp³-hybridized carbons (Fsp3) is 0.367. The number of amides is 3. The molecule has 0 saturated carbocycles. The topological polar surface area (TPSA) is 144 Å². The molecule has 4 aromatic rings. The lowest BCUT2D eigenvalue weighted by atomic mass is 9.99. The van der Waals surface area contributed by atoms with E-state index in [0.29, 0.717) is 53.8 Å². The first-order chi connectivity index (χ1) is 20.8. The first kappa shape index (κ1) is 28.1. The second kappa shape index (κ2) is 11.7. The van der Waals surface area contributed by atoms with Crippen molar-refractivity contribution < 1.29 is 28.6 Å². The first-order valence-electron chi connectivity index (χ1n) is 14.0. The molecule has 0 aliphatic carbocycles. The SMILES string of the molecule is COc1ccc2[nH]c(C(=O)N3C[C@@H]4CC(=O)NCCN(C)C(=O)c5cccc(OC)c5OCc5cn(nn5)[C@@H]4C3)cc2c1. The maximum Gasteiger partial charge on any atom is 0.270 e. The Morgan fingerprint density at radius 1 is 1.09 bits per heavy atom. The number of hydrogen-bond acceptors (Lipinski definition) is 8. The van der Waals surface area contributed by atoms with Crippen LogP contribution < -0.4 is 19.5 Å². The number of para-hydroxylation sites is 1. The summed E-state index contributed by atoms with van der Waals surface area (Å²) in [6.07, 6.45) is 1.94. The molecule has 2 aliphatic rings. The third-order valence-corrected chi connectivity index (χ3v) is 8.01. The molecule has 1 fully saturated rings. The van der Waals surface area contributed by atoms with Crippen LogP contribution in [0.4, 0.5) is 0 Å². The zero-order valence-electron chi connectivity index (χ0n) is 24.2. The number of ether oxygens (including phenoxy) is 3. The number of nitrogens with one attached hydrogen (secondary N) is 2. The number of carbonyl (C=O) groups excluding carboxylic acids is 3. The van der Waals surface area contributed by atoms with E-state index in [9.17, 15) is 14.4 Å². The molecule has 224 valence electrons. The minimum Gasteiger partial charge on any atom is -0.497 e. The molecule has 0 spiro atoms. The highest BCUT2D eigenvalue weighted by atomic mass is 16.5. The minimum absolute atomic E-state index is 0.0451. The molecule has 2 aliphatic heterocycles. The lowest BCUT2D eigenvalue weighted by Gasteiger charge is -2.21. The fourth-order valence-corrected chi connectivity index (χ4v) is 5.71. The smallest absolute Gasteiger partial charge is 0.270 e. The average Bonchev–Trinajstić information content (AvgIpc) is 3.76. The Bertz CT molecular complexity index is 1680. The highest BCUT2D eigenvalue weighted by molar-refractivity contribution is 5.99. The van der Waals surface area contributed by atoms with Crippen molar-refractivity contribution in [1.29, 1.82) is 0 Å². The number of likely N-dealkylation sites (N-methyl/N-ethyl adjacent to an activating group) is 1. The molecule has 0 unspecified atom stereocenters. The second-order valence-electron chi connectivity index (χ2n) is 10.8. The first-order valence-corrected chi connectivity index (χ1v) is 14.0. The van der Waals surface area contributed by atoms with Crippen molar-refractivity contribution in [3.05, 3.63) is 65.6 Å². The molecule has 4 heterocycles. The van der Waals surface area contributed by atoms with Crippen LogP contribution in [0.1, 0.15) is 39.0 Å². The minimum atomic E-state index is -0.278. The zero-order chi connectivity index (χ0) is 30.1. The van der Waals surface area contributed by atoms with Gasteiger partial charge in [0, 0.05) is 56.5 Å². The van der Waals surface area contributed by atoms with Crippen LogP contribution in [0.25, 0.3) is 10.9 Å². The third kappa shape index (κ3) is 5.57. The van der Waals surface area contributed by atoms with E-state index in [2.05, 4.69) is 20.6 Å². The van der Waals surface area contributed by atoms with Gasteiger partial charge in [0.15, 0.2) is 11.5 Å². The molecule has 13 nitrogen and oxygen atoms in total. The predicted octanol–water partition coefficient (Wildman–Crippen LogP) is 2.26. The standard InChI is InChI=1S/C30H33N7O6/c1-35-10-9-31-27(38)13-19-14-36(30(40)24-12-18-11-21(41-2)7-8-23(18)32-24)16-25(19)37-15-20(33-34-37)17-43-28-22(29(35)39)5-4-6-26(28)42-3/h4-8,11-12,15,19,25,32H,9-10,13-14,16-17H2,1-3H3,(H,31,38)/t19-,25+/m0/s1. The molecule has 2 bridgehead atoms. The number of benzene rings is 2. The Morgan fingerprint density at radius 3 is 2.77 bits per heavy atom. The van der Waals surface area contributed by atoms with Gasteiger partial charge in [-0.05, 0) is 36.4 Å². The maximum atomic E-state index is 13.6. The van der Waals surface area contributed by atoms with Crippen LogP contribution in [0.2, 0.25) is 0 Å². The Morgan fingerprint density at radius 2 is 1.95 bits per heavy atom. The van der Waals surface area contributed by atoms with E-state index >= 15 is 0 Å². The average molecular weight is 588 g/mol. The van der Waals surface area contributed by atoms with E-state index in [4.69, 9.17) is 14.2 Å². The molecule has 3 amide bonds. The van der Waals surface area contributed by atoms with Crippen LogP contribution in [-0.4, -0.2) is 94.9 Å². The van der Waals surface area contributed by atoms with Crippen LogP contribution in [0.5, 0.6) is 17.2 Å². The number of aromatic nitrogens is 4. The van der Waals surface area contributed by atoms with E-state index in [-0.39, 0.29) is 49.3 Å². The van der Waals surface area contributed by atoms with Gasteiger partial charge in [0.2, 0.25) is 5.91 Å². The number of H-pyrrole nitrogens is 1. The predicted molar refractivity (Wildman–Crippen MR) is 155 cm³/mol. The van der Waals surface area contributed by atoms with Crippen molar-refractivity contribution in [3.8, 4) is 17.2 Å². The van der Waals surface area contributed by atoms with Crippen molar-refractivity contribution >= 4 is 28.6 Å². The summed E-state index contributed by atoms with van der Waals surface area (Å²) in [5.41, 5.74) is 2.16. The lowest BCUT2D eigenvalue weighted by Crippen LogP contribution is -2.37. The Kier molecular flexibility index (Phi) is 7.61. The Balaban J connectivity index is 1.28. The Labute approximate surface area is 247 Å². The molecule has 1 saturated heterocycles. The number of hydrogen-bond donors (Lipinski definition) is 2. The number of carbonyl (C=O) groups is 3. The summed E-state index contributed by atoms with van der Waals surface area (Å²) in [7, 11) is 4.78. The fourth-order valence-electron chi connectivity index (χ4n) is 5.71. The lowest BCUT2D eigenvalue weighted by molar-refractivity contribution is -0.122. The number of fused-ring (bicyclic) bond motifs is 6. The maximum absolute atomic E-state index is 13.6. The molecular weight excluding hydrogens is 554 g/mol. The summed E-state index contributed by atoms with van der Waals surface area (Å²) >= 11 is 0. The van der Waals surface area contributed by atoms with Crippen molar-refractivity contribution in [2.75, 3.05) is 47.4 Å². The van der Waals surface area contributed by atoms with Crippen LogP contribution in [0, 0.1) is 5.92 Å². The van der Waals surface area contributed by atoms with E-state index in [1.54, 1.807) is 48.1 Å². The van der Waals surface area contributed by atoms with Crippen molar-refractivity contribution in [2.24, 2.45) is 5.92 Å². The van der Waals surface area contributed by atoms with Crippen LogP contribution in [0.15, 0.2) is 48.7 Å². The van der Waals surface area contributed by atoms with Gasteiger partial charge in [-0.2, -0.15) is 0 Å². The van der Waals surface area contributed by atoms with E-state index in [1.807, 2.05) is 24.3 Å². The summed E-state index contributed by atoms with van der Waals surface area (Å²) in [6.45, 7) is 1.33. The van der Waals surface area contributed by atoms with Gasteiger partial charge in [-0.15, -0.1) is 5.10 Å². The van der Waals surface area contributed by atoms with Gasteiger partial charge in [-0.3, -0.25) is 14.4 Å². The molecule has 2 N–H and O–H groups in total. The monoisotopic (exact) mass is 587 g/mol. The summed E-state index contributed by atoms with van der Waals surface area (Å²) < 4.78 is 18.6. The summed E-state index contributed by atoms with van der Waals surface area (Å²) in [4.78, 5) is 46.4. The second-order valence-corrected chi connectivity index (χ2v) is 10.8. The van der Waals surface area contributed by atoms with Gasteiger partial charge in [0.25, 0.3) is 11.8 Å². The van der Waals surface area contributed by atoms with E-state index in [0.717, 1.165) is 10.9 Å². The Hall–Kier alpha value is -5.07. The number of nitrogens with zero attached hydrogens (tertiary/aromatic N) is 5. The summed E-state index contributed by atoms with van der Waals surface area (Å²) in [5.74, 6) is 0.621. The van der Waals surface area contributed by atoms with Gasteiger partial charge >= 0.3 is 0 Å².